The van der Waals surface area contributed by atoms with Gasteiger partial charge in [-0.1, -0.05) is 146 Å². The monoisotopic (exact) mass is 718 g/mol. The van der Waals surface area contributed by atoms with Crippen LogP contribution in [0.1, 0.15) is 5.56 Å². The van der Waals surface area contributed by atoms with Crippen molar-refractivity contribution in [3.05, 3.63) is 188 Å². The third-order valence-corrected chi connectivity index (χ3v) is 12.6. The van der Waals surface area contributed by atoms with E-state index in [1.807, 2.05) is 12.1 Å². The van der Waals surface area contributed by atoms with Crippen LogP contribution in [0, 0.1) is 11.3 Å². The number of nitrogens with zero attached hydrogens (tertiary/aromatic N) is 2. The summed E-state index contributed by atoms with van der Waals surface area (Å²) in [6.45, 7) is 0. The van der Waals surface area contributed by atoms with E-state index in [0.717, 1.165) is 22.1 Å². The van der Waals surface area contributed by atoms with Crippen LogP contribution in [-0.4, -0.2) is 4.57 Å². The Morgan fingerprint density at radius 2 is 0.860 bits per heavy atom. The van der Waals surface area contributed by atoms with Gasteiger partial charge >= 0.3 is 0 Å². The minimum atomic E-state index is 0.653. The molecule has 0 radical (unpaired) electrons. The van der Waals surface area contributed by atoms with Gasteiger partial charge in [0.1, 0.15) is 0 Å². The fourth-order valence-corrected chi connectivity index (χ4v) is 10.5. The first kappa shape index (κ1) is 30.6. The minimum Gasteiger partial charge on any atom is -0.309 e. The summed E-state index contributed by atoms with van der Waals surface area (Å²) >= 11 is 0. The van der Waals surface area contributed by atoms with Crippen molar-refractivity contribution in [1.29, 1.82) is 5.26 Å². The average Bonchev–Trinajstić information content (AvgIpc) is 3.90. The van der Waals surface area contributed by atoms with Crippen molar-refractivity contribution >= 4 is 97.2 Å². The van der Waals surface area contributed by atoms with Gasteiger partial charge in [0.15, 0.2) is 0 Å². The highest BCUT2D eigenvalue weighted by atomic mass is 15.0. The molecule has 12 aromatic carbocycles. The maximum Gasteiger partial charge on any atom is 0.0992 e. The molecule has 0 atom stereocenters. The normalized spacial score (nSPS) is 12.2. The molecule has 0 unspecified atom stereocenters. The van der Waals surface area contributed by atoms with Crippen LogP contribution in [0.2, 0.25) is 0 Å². The summed E-state index contributed by atoms with van der Waals surface area (Å²) in [5.74, 6) is 0. The van der Waals surface area contributed by atoms with Gasteiger partial charge in [0.05, 0.1) is 22.7 Å². The van der Waals surface area contributed by atoms with E-state index in [-0.39, 0.29) is 0 Å². The van der Waals surface area contributed by atoms with Gasteiger partial charge in [-0.2, -0.15) is 5.26 Å². The Morgan fingerprint density at radius 1 is 0.316 bits per heavy atom. The maximum atomic E-state index is 10.1. The SMILES string of the molecule is N#Cc1ccc2c3c4cccc5c6c(-c7ccccc7)c7c(cc8c9ccccc9c9cccc7c98)c(-c7ccccc7)c6c(cc3n(-c3ccccc3)c2c1)c54. The molecule has 2 heteroatoms. The second-order valence-electron chi connectivity index (χ2n) is 15.4. The first-order chi connectivity index (χ1) is 28.3. The van der Waals surface area contributed by atoms with E-state index in [0.29, 0.717) is 5.56 Å². The minimum absolute atomic E-state index is 0.653. The number of hydrogen-bond acceptors (Lipinski definition) is 1. The number of fused-ring (bicyclic) bond motifs is 12. The second kappa shape index (κ2) is 11.2. The molecule has 0 aliphatic heterocycles. The molecular weight excluding hydrogens is 689 g/mol. The molecular formula is C55H30N2. The van der Waals surface area contributed by atoms with E-state index >= 15 is 0 Å². The van der Waals surface area contributed by atoms with E-state index in [1.54, 1.807) is 0 Å². The third-order valence-electron chi connectivity index (χ3n) is 12.6. The topological polar surface area (TPSA) is 28.7 Å². The van der Waals surface area contributed by atoms with Gasteiger partial charge in [-0.15, -0.1) is 0 Å². The van der Waals surface area contributed by atoms with Gasteiger partial charge in [-0.3, -0.25) is 0 Å². The van der Waals surface area contributed by atoms with E-state index < -0.39 is 0 Å². The van der Waals surface area contributed by atoms with E-state index in [1.165, 1.54) is 103 Å². The zero-order valence-electron chi connectivity index (χ0n) is 30.7. The van der Waals surface area contributed by atoms with Gasteiger partial charge in [-0.05, 0) is 134 Å². The summed E-state index contributed by atoms with van der Waals surface area (Å²) in [7, 11) is 0. The first-order valence-corrected chi connectivity index (χ1v) is 19.6. The molecule has 0 N–H and O–H groups in total. The summed E-state index contributed by atoms with van der Waals surface area (Å²) < 4.78 is 2.36. The van der Waals surface area contributed by atoms with Gasteiger partial charge < -0.3 is 4.57 Å². The van der Waals surface area contributed by atoms with Gasteiger partial charge in [-0.25, -0.2) is 0 Å². The number of nitriles is 1. The first-order valence-electron chi connectivity index (χ1n) is 19.6. The molecule has 0 saturated heterocycles. The summed E-state index contributed by atoms with van der Waals surface area (Å²) in [6.07, 6.45) is 0. The molecule has 0 aliphatic rings. The lowest BCUT2D eigenvalue weighted by atomic mass is 9.84. The van der Waals surface area contributed by atoms with Crippen molar-refractivity contribution in [3.8, 4) is 34.0 Å². The summed E-state index contributed by atoms with van der Waals surface area (Å²) in [5, 5.41) is 30.4. The third kappa shape index (κ3) is 3.92. The van der Waals surface area contributed by atoms with E-state index in [2.05, 4.69) is 180 Å². The molecule has 0 spiro atoms. The van der Waals surface area contributed by atoms with Crippen molar-refractivity contribution in [2.45, 2.75) is 0 Å². The smallest absolute Gasteiger partial charge is 0.0992 e. The number of hydrogen-bond donors (Lipinski definition) is 0. The lowest BCUT2D eigenvalue weighted by Gasteiger charge is -2.19. The van der Waals surface area contributed by atoms with Crippen LogP contribution in [0.25, 0.3) is 125 Å². The molecule has 0 aliphatic carbocycles. The lowest BCUT2D eigenvalue weighted by Crippen LogP contribution is -1.93. The largest absolute Gasteiger partial charge is 0.309 e. The van der Waals surface area contributed by atoms with Gasteiger partial charge in [0, 0.05) is 16.5 Å². The Hall–Kier alpha value is -7.73. The Kier molecular flexibility index (Phi) is 5.99. The number of para-hydroxylation sites is 1. The molecule has 1 aromatic heterocycles. The lowest BCUT2D eigenvalue weighted by molar-refractivity contribution is 1.18. The molecule has 260 valence electrons. The Morgan fingerprint density at radius 3 is 1.56 bits per heavy atom. The Balaban J connectivity index is 1.36. The molecule has 13 aromatic rings. The van der Waals surface area contributed by atoms with Crippen LogP contribution in [-0.2, 0) is 0 Å². The van der Waals surface area contributed by atoms with Crippen LogP contribution in [0.3, 0.4) is 0 Å². The van der Waals surface area contributed by atoms with Crippen LogP contribution >= 0.6 is 0 Å². The molecule has 1 heterocycles. The zero-order chi connectivity index (χ0) is 37.4. The quantitative estimate of drug-likeness (QED) is 0.167. The van der Waals surface area contributed by atoms with Crippen molar-refractivity contribution in [2.24, 2.45) is 0 Å². The molecule has 57 heavy (non-hydrogen) atoms. The molecule has 0 fully saturated rings. The molecule has 0 bridgehead atoms. The van der Waals surface area contributed by atoms with Crippen LogP contribution in [0.5, 0.6) is 0 Å². The molecule has 0 saturated carbocycles. The molecule has 0 amide bonds. The fraction of sp³-hybridized carbons (Fsp3) is 0. The summed E-state index contributed by atoms with van der Waals surface area (Å²) in [4.78, 5) is 0. The van der Waals surface area contributed by atoms with E-state index in [4.69, 9.17) is 0 Å². The molecule has 2 nitrogen and oxygen atoms in total. The summed E-state index contributed by atoms with van der Waals surface area (Å²) in [6, 6.07) is 68.9. The van der Waals surface area contributed by atoms with Crippen molar-refractivity contribution in [3.63, 3.8) is 0 Å². The predicted octanol–water partition coefficient (Wildman–Crippen LogP) is 14.9. The predicted molar refractivity (Wildman–Crippen MR) is 241 cm³/mol. The Bertz CT molecular complexity index is 3830. The number of benzene rings is 10. The van der Waals surface area contributed by atoms with Crippen molar-refractivity contribution in [2.75, 3.05) is 0 Å². The highest BCUT2D eigenvalue weighted by Gasteiger charge is 2.28. The average molecular weight is 719 g/mol. The van der Waals surface area contributed by atoms with Crippen molar-refractivity contribution < 1.29 is 0 Å². The van der Waals surface area contributed by atoms with E-state index in [9.17, 15) is 5.26 Å². The summed E-state index contributed by atoms with van der Waals surface area (Å²) in [5.41, 5.74) is 8.86. The van der Waals surface area contributed by atoms with Crippen LogP contribution < -0.4 is 0 Å². The number of aromatic nitrogens is 1. The molecule has 13 rings (SSSR count). The highest BCUT2D eigenvalue weighted by Crippen LogP contribution is 2.55. The fourth-order valence-electron chi connectivity index (χ4n) is 10.5. The van der Waals surface area contributed by atoms with Crippen molar-refractivity contribution in [1.82, 2.24) is 4.57 Å². The highest BCUT2D eigenvalue weighted by molar-refractivity contribution is 6.46. The van der Waals surface area contributed by atoms with Crippen LogP contribution in [0.4, 0.5) is 0 Å². The Labute approximate surface area is 327 Å². The van der Waals surface area contributed by atoms with Gasteiger partial charge in [0.2, 0.25) is 0 Å². The maximum absolute atomic E-state index is 10.1. The zero-order valence-corrected chi connectivity index (χ0v) is 30.7. The second-order valence-corrected chi connectivity index (χ2v) is 15.4. The number of rotatable bonds is 3. The standard InChI is InChI=1S/C55H30N2/c56-31-32-26-27-39-46(28-32)57(35-18-8-3-9-19-35)47-30-45-51-40(52(39)47)23-13-25-42(51)54-49(34-16-6-2-7-17-34)53-41-24-12-22-38-36-20-10-11-21-37(36)43(50(38)41)29-44(53)48(55(45)54)33-14-4-1-5-15-33/h1-30H. The van der Waals surface area contributed by atoms with Gasteiger partial charge in [0.25, 0.3) is 0 Å². The van der Waals surface area contributed by atoms with Crippen LogP contribution in [0.15, 0.2) is 182 Å².